The number of carboxylic acids is 1. The van der Waals surface area contributed by atoms with Gasteiger partial charge in [0.05, 0.1) is 6.54 Å². The Morgan fingerprint density at radius 3 is 1.73 bits per heavy atom. The fourth-order valence-electron chi connectivity index (χ4n) is 1.73. The Morgan fingerprint density at radius 1 is 0.885 bits per heavy atom. The highest BCUT2D eigenvalue weighted by Crippen LogP contribution is 2.00. The van der Waals surface area contributed by atoms with Gasteiger partial charge in [-0.25, -0.2) is 4.79 Å². The second-order valence-corrected chi connectivity index (χ2v) is 5.89. The molecule has 148 valence electrons. The van der Waals surface area contributed by atoms with E-state index in [2.05, 4.69) is 41.2 Å². The van der Waals surface area contributed by atoms with Gasteiger partial charge in [0.15, 0.2) is 0 Å². The van der Waals surface area contributed by atoms with Crippen molar-refractivity contribution < 1.29 is 29.1 Å². The first-order valence-electron chi connectivity index (χ1n) is 7.49. The van der Waals surface area contributed by atoms with Crippen molar-refractivity contribution in [3.05, 3.63) is 0 Å². The minimum Gasteiger partial charge on any atom is -0.480 e. The number of primary amides is 1. The first kappa shape index (κ1) is 24.0. The average molecular weight is 409 g/mol. The summed E-state index contributed by atoms with van der Waals surface area (Å²) in [6.07, 6.45) is -0.433. The Labute approximate surface area is 160 Å². The van der Waals surface area contributed by atoms with Gasteiger partial charge in [0, 0.05) is 17.9 Å². The van der Waals surface area contributed by atoms with Crippen molar-refractivity contribution in [1.82, 2.24) is 16.0 Å². The summed E-state index contributed by atoms with van der Waals surface area (Å²) in [5, 5.41) is 15.9. The molecule has 3 atom stereocenters. The molecule has 0 rings (SSSR count). The lowest BCUT2D eigenvalue weighted by molar-refractivity contribution is -0.142. The minimum absolute atomic E-state index is 0.0468. The summed E-state index contributed by atoms with van der Waals surface area (Å²) >= 11 is 7.89. The molecule has 0 aromatic heterocycles. The lowest BCUT2D eigenvalue weighted by Gasteiger charge is -2.22. The third-order valence-electron chi connectivity index (χ3n) is 3.13. The van der Waals surface area contributed by atoms with Gasteiger partial charge >= 0.3 is 5.97 Å². The van der Waals surface area contributed by atoms with E-state index in [9.17, 15) is 24.0 Å². The molecule has 0 heterocycles. The summed E-state index contributed by atoms with van der Waals surface area (Å²) in [5.74, 6) is -4.35. The summed E-state index contributed by atoms with van der Waals surface area (Å²) in [7, 11) is 0. The zero-order chi connectivity index (χ0) is 20.3. The van der Waals surface area contributed by atoms with Gasteiger partial charge in [-0.1, -0.05) is 0 Å². The predicted molar refractivity (Wildman–Crippen MR) is 98.6 cm³/mol. The molecule has 8 N–H and O–H groups in total. The van der Waals surface area contributed by atoms with Crippen LogP contribution in [-0.4, -0.2) is 70.9 Å². The monoisotopic (exact) mass is 409 g/mol. The average Bonchev–Trinajstić information content (AvgIpc) is 2.59. The van der Waals surface area contributed by atoms with Crippen molar-refractivity contribution >= 4 is 54.9 Å². The maximum Gasteiger partial charge on any atom is 0.326 e. The lowest BCUT2D eigenvalue weighted by Crippen LogP contribution is -2.57. The second kappa shape index (κ2) is 12.4. The molecule has 0 aromatic carbocycles. The number of aliphatic carboxylic acids is 1. The SMILES string of the molecule is NCC(=O)NC(CS)C(=O)NC(CS)C(=O)NC(CCC(N)=O)C(=O)O. The number of rotatable bonds is 12. The second-order valence-electron chi connectivity index (χ2n) is 5.15. The number of carboxylic acid groups (broad SMARTS) is 1. The summed E-state index contributed by atoms with van der Waals surface area (Å²) in [6.45, 7) is -0.325. The number of thiol groups is 2. The fraction of sp³-hybridized carbons (Fsp3) is 0.615. The molecule has 3 unspecified atom stereocenters. The molecule has 13 heteroatoms. The molecule has 26 heavy (non-hydrogen) atoms. The fourth-order valence-corrected chi connectivity index (χ4v) is 2.24. The Hall–Kier alpha value is -1.99. The van der Waals surface area contributed by atoms with Crippen molar-refractivity contribution in [1.29, 1.82) is 0 Å². The standard InChI is InChI=1S/C13H23N5O6S2/c14-3-10(20)16-7(4-25)11(21)18-8(5-26)12(22)17-6(13(23)24)1-2-9(15)19/h6-8,25-26H,1-5,14H2,(H2,15,19)(H,16,20)(H,17,22)(H,18,21)(H,23,24). The normalized spacial score (nSPS) is 13.8. The van der Waals surface area contributed by atoms with Gasteiger partial charge in [-0.15, -0.1) is 0 Å². The number of carbonyl (C=O) groups is 5. The van der Waals surface area contributed by atoms with Gasteiger partial charge in [0.25, 0.3) is 0 Å². The van der Waals surface area contributed by atoms with E-state index >= 15 is 0 Å². The molecule has 0 radical (unpaired) electrons. The van der Waals surface area contributed by atoms with Crippen LogP contribution in [0.15, 0.2) is 0 Å². The van der Waals surface area contributed by atoms with Gasteiger partial charge in [-0.3, -0.25) is 19.2 Å². The third kappa shape index (κ3) is 8.92. The molecule has 0 aliphatic heterocycles. The number of amides is 4. The Balaban J connectivity index is 4.89. The number of carbonyl (C=O) groups excluding carboxylic acids is 4. The van der Waals surface area contributed by atoms with Crippen LogP contribution in [-0.2, 0) is 24.0 Å². The van der Waals surface area contributed by atoms with E-state index in [4.69, 9.17) is 16.6 Å². The van der Waals surface area contributed by atoms with E-state index in [0.717, 1.165) is 0 Å². The molecule has 0 bridgehead atoms. The van der Waals surface area contributed by atoms with Crippen molar-refractivity contribution in [2.75, 3.05) is 18.1 Å². The van der Waals surface area contributed by atoms with Crippen LogP contribution >= 0.6 is 25.3 Å². The van der Waals surface area contributed by atoms with Crippen molar-refractivity contribution in [3.63, 3.8) is 0 Å². The van der Waals surface area contributed by atoms with Crippen LogP contribution < -0.4 is 27.4 Å². The van der Waals surface area contributed by atoms with Crippen LogP contribution in [0.25, 0.3) is 0 Å². The van der Waals surface area contributed by atoms with Crippen LogP contribution in [0.1, 0.15) is 12.8 Å². The van der Waals surface area contributed by atoms with E-state index in [1.807, 2.05) is 0 Å². The third-order valence-corrected chi connectivity index (χ3v) is 3.86. The van der Waals surface area contributed by atoms with Gasteiger partial charge < -0.3 is 32.5 Å². The molecule has 0 aliphatic carbocycles. The number of hydrogen-bond acceptors (Lipinski definition) is 8. The molecular formula is C13H23N5O6S2. The van der Waals surface area contributed by atoms with E-state index in [-0.39, 0.29) is 30.9 Å². The summed E-state index contributed by atoms with van der Waals surface area (Å²) in [6, 6.07) is -3.56. The highest BCUT2D eigenvalue weighted by Gasteiger charge is 2.28. The van der Waals surface area contributed by atoms with E-state index in [1.54, 1.807) is 0 Å². The molecule has 0 fully saturated rings. The molecule has 0 spiro atoms. The van der Waals surface area contributed by atoms with Crippen molar-refractivity contribution in [2.24, 2.45) is 11.5 Å². The predicted octanol–water partition coefficient (Wildman–Crippen LogP) is -3.39. The topological polar surface area (TPSA) is 194 Å². The van der Waals surface area contributed by atoms with Crippen LogP contribution in [0.3, 0.4) is 0 Å². The zero-order valence-corrected chi connectivity index (χ0v) is 15.6. The first-order chi connectivity index (χ1) is 12.2. The minimum atomic E-state index is -1.35. The summed E-state index contributed by atoms with van der Waals surface area (Å²) in [4.78, 5) is 57.5. The highest BCUT2D eigenvalue weighted by atomic mass is 32.1. The van der Waals surface area contributed by atoms with Crippen LogP contribution in [0.5, 0.6) is 0 Å². The Morgan fingerprint density at radius 2 is 1.35 bits per heavy atom. The quantitative estimate of drug-likeness (QED) is 0.154. The van der Waals surface area contributed by atoms with Gasteiger partial charge in [0.2, 0.25) is 23.6 Å². The Kier molecular flexibility index (Phi) is 11.4. The summed E-state index contributed by atoms with van der Waals surface area (Å²) < 4.78 is 0. The molecule has 0 saturated carbocycles. The van der Waals surface area contributed by atoms with Gasteiger partial charge in [-0.05, 0) is 6.42 Å². The van der Waals surface area contributed by atoms with E-state index in [1.165, 1.54) is 0 Å². The number of nitrogens with two attached hydrogens (primary N) is 2. The molecule has 0 saturated heterocycles. The number of hydrogen-bond donors (Lipinski definition) is 8. The zero-order valence-electron chi connectivity index (χ0n) is 13.8. The van der Waals surface area contributed by atoms with Crippen LogP contribution in [0.4, 0.5) is 0 Å². The van der Waals surface area contributed by atoms with Crippen molar-refractivity contribution in [2.45, 2.75) is 31.0 Å². The largest absolute Gasteiger partial charge is 0.480 e. The van der Waals surface area contributed by atoms with E-state index < -0.39 is 47.7 Å². The van der Waals surface area contributed by atoms with Crippen molar-refractivity contribution in [3.8, 4) is 0 Å². The number of nitrogens with one attached hydrogen (secondary N) is 3. The molecule has 0 aliphatic rings. The summed E-state index contributed by atoms with van der Waals surface area (Å²) in [5.41, 5.74) is 10.1. The van der Waals surface area contributed by atoms with Gasteiger partial charge in [0.1, 0.15) is 18.1 Å². The lowest BCUT2D eigenvalue weighted by atomic mass is 10.1. The molecular weight excluding hydrogens is 386 g/mol. The van der Waals surface area contributed by atoms with E-state index in [0.29, 0.717) is 0 Å². The highest BCUT2D eigenvalue weighted by molar-refractivity contribution is 7.80. The van der Waals surface area contributed by atoms with Gasteiger partial charge in [-0.2, -0.15) is 25.3 Å². The first-order valence-corrected chi connectivity index (χ1v) is 8.75. The maximum absolute atomic E-state index is 12.2. The van der Waals surface area contributed by atoms with Crippen LogP contribution in [0.2, 0.25) is 0 Å². The Bertz CT molecular complexity index is 547. The molecule has 0 aromatic rings. The maximum atomic E-state index is 12.2. The molecule has 4 amide bonds. The van der Waals surface area contributed by atoms with Crippen LogP contribution in [0, 0.1) is 0 Å². The smallest absolute Gasteiger partial charge is 0.326 e. The molecule has 11 nitrogen and oxygen atoms in total.